The first-order valence-corrected chi connectivity index (χ1v) is 8.86. The van der Waals surface area contributed by atoms with Crippen LogP contribution in [0.2, 0.25) is 0 Å². The predicted octanol–water partition coefficient (Wildman–Crippen LogP) is 3.58. The highest BCUT2D eigenvalue weighted by Crippen LogP contribution is 2.35. The maximum absolute atomic E-state index is 4.62. The molecule has 120 valence electrons. The van der Waals surface area contributed by atoms with Crippen molar-refractivity contribution in [2.45, 2.75) is 59.3 Å². The minimum Gasteiger partial charge on any atom is -0.316 e. The Morgan fingerprint density at radius 3 is 2.76 bits per heavy atom. The summed E-state index contributed by atoms with van der Waals surface area (Å²) in [6, 6.07) is 2.32. The third kappa shape index (κ3) is 4.57. The van der Waals surface area contributed by atoms with Gasteiger partial charge in [0.25, 0.3) is 0 Å². The fourth-order valence-electron chi connectivity index (χ4n) is 3.75. The fourth-order valence-corrected chi connectivity index (χ4v) is 3.75. The minimum atomic E-state index is 0.818. The Labute approximate surface area is 130 Å². The van der Waals surface area contributed by atoms with Gasteiger partial charge in [0.05, 0.1) is 5.69 Å². The Kier molecular flexibility index (Phi) is 6.28. The largest absolute Gasteiger partial charge is 0.316 e. The lowest BCUT2D eigenvalue weighted by molar-refractivity contribution is 0.181. The van der Waals surface area contributed by atoms with E-state index < -0.39 is 0 Å². The Hall–Kier alpha value is -0.830. The maximum atomic E-state index is 4.62. The lowest BCUT2D eigenvalue weighted by atomic mass is 9.72. The monoisotopic (exact) mass is 291 g/mol. The van der Waals surface area contributed by atoms with E-state index in [0.29, 0.717) is 0 Å². The molecule has 0 aliphatic heterocycles. The number of aryl methyl sites for hydroxylation is 2. The van der Waals surface area contributed by atoms with Gasteiger partial charge in [-0.2, -0.15) is 5.10 Å². The fraction of sp³-hybridized carbons (Fsp3) is 0.833. The molecule has 2 rings (SSSR count). The van der Waals surface area contributed by atoms with Gasteiger partial charge in [0.1, 0.15) is 0 Å². The Bertz CT molecular complexity index is 424. The van der Waals surface area contributed by atoms with Crippen molar-refractivity contribution >= 4 is 0 Å². The SMILES string of the molecule is CCCNCC1CCC(C)CC1Cc1cc(CC)nn1C. The Morgan fingerprint density at radius 2 is 2.10 bits per heavy atom. The highest BCUT2D eigenvalue weighted by atomic mass is 15.3. The minimum absolute atomic E-state index is 0.818. The molecule has 0 radical (unpaired) electrons. The van der Waals surface area contributed by atoms with Crippen LogP contribution in [-0.2, 0) is 19.9 Å². The van der Waals surface area contributed by atoms with Crippen molar-refractivity contribution in [3.63, 3.8) is 0 Å². The quantitative estimate of drug-likeness (QED) is 0.778. The van der Waals surface area contributed by atoms with E-state index in [1.54, 1.807) is 0 Å². The molecule has 1 N–H and O–H groups in total. The molecular weight excluding hydrogens is 258 g/mol. The van der Waals surface area contributed by atoms with Crippen LogP contribution in [0, 0.1) is 17.8 Å². The lowest BCUT2D eigenvalue weighted by Crippen LogP contribution is -2.34. The predicted molar refractivity (Wildman–Crippen MR) is 89.4 cm³/mol. The van der Waals surface area contributed by atoms with Gasteiger partial charge in [-0.3, -0.25) is 4.68 Å². The zero-order valence-electron chi connectivity index (χ0n) is 14.4. The van der Waals surface area contributed by atoms with Crippen molar-refractivity contribution < 1.29 is 0 Å². The van der Waals surface area contributed by atoms with E-state index in [9.17, 15) is 0 Å². The van der Waals surface area contributed by atoms with Crippen LogP contribution in [-0.4, -0.2) is 22.9 Å². The van der Waals surface area contributed by atoms with Crippen LogP contribution in [0.15, 0.2) is 6.07 Å². The van der Waals surface area contributed by atoms with Gasteiger partial charge in [-0.1, -0.05) is 27.2 Å². The van der Waals surface area contributed by atoms with Gasteiger partial charge in [0.15, 0.2) is 0 Å². The van der Waals surface area contributed by atoms with Crippen LogP contribution in [0.25, 0.3) is 0 Å². The summed E-state index contributed by atoms with van der Waals surface area (Å²) in [5.41, 5.74) is 2.66. The first-order valence-electron chi connectivity index (χ1n) is 8.86. The van der Waals surface area contributed by atoms with Crippen LogP contribution in [0.1, 0.15) is 57.8 Å². The van der Waals surface area contributed by atoms with Crippen LogP contribution in [0.5, 0.6) is 0 Å². The van der Waals surface area contributed by atoms with Gasteiger partial charge in [-0.15, -0.1) is 0 Å². The van der Waals surface area contributed by atoms with Gasteiger partial charge < -0.3 is 5.32 Å². The van der Waals surface area contributed by atoms with Gasteiger partial charge in [-0.25, -0.2) is 0 Å². The molecule has 1 aliphatic rings. The zero-order chi connectivity index (χ0) is 15.2. The molecule has 0 saturated heterocycles. The molecule has 3 unspecified atom stereocenters. The third-order valence-electron chi connectivity index (χ3n) is 5.10. The molecule has 3 nitrogen and oxygen atoms in total. The smallest absolute Gasteiger partial charge is 0.0624 e. The van der Waals surface area contributed by atoms with Gasteiger partial charge in [0, 0.05) is 12.7 Å². The number of hydrogen-bond donors (Lipinski definition) is 1. The summed E-state index contributed by atoms with van der Waals surface area (Å²) >= 11 is 0. The molecule has 1 saturated carbocycles. The summed E-state index contributed by atoms with van der Waals surface area (Å²) in [6.07, 6.45) is 7.64. The first kappa shape index (κ1) is 16.5. The summed E-state index contributed by atoms with van der Waals surface area (Å²) in [6.45, 7) is 9.21. The van der Waals surface area contributed by atoms with E-state index in [0.717, 1.165) is 30.7 Å². The van der Waals surface area contributed by atoms with Crippen molar-refractivity contribution in [2.75, 3.05) is 13.1 Å². The van der Waals surface area contributed by atoms with Crippen LogP contribution < -0.4 is 5.32 Å². The standard InChI is InChI=1S/C18H33N3/c1-5-9-19-13-15-8-7-14(3)10-16(15)11-18-12-17(6-2)20-21(18)4/h12,14-16,19H,5-11,13H2,1-4H3. The molecule has 21 heavy (non-hydrogen) atoms. The number of aromatic nitrogens is 2. The molecule has 0 amide bonds. The second-order valence-electron chi connectivity index (χ2n) is 6.95. The maximum Gasteiger partial charge on any atom is 0.0624 e. The van der Waals surface area contributed by atoms with Crippen LogP contribution >= 0.6 is 0 Å². The molecule has 1 heterocycles. The highest BCUT2D eigenvalue weighted by Gasteiger charge is 2.29. The number of rotatable bonds is 7. The molecular formula is C18H33N3. The summed E-state index contributed by atoms with van der Waals surface area (Å²) in [7, 11) is 2.10. The molecule has 3 heteroatoms. The normalized spacial score (nSPS) is 26.2. The lowest BCUT2D eigenvalue weighted by Gasteiger charge is -2.35. The summed E-state index contributed by atoms with van der Waals surface area (Å²) < 4.78 is 2.11. The third-order valence-corrected chi connectivity index (χ3v) is 5.10. The van der Waals surface area contributed by atoms with Crippen molar-refractivity contribution in [1.29, 1.82) is 0 Å². The Balaban J connectivity index is 1.99. The van der Waals surface area contributed by atoms with Gasteiger partial charge in [-0.05, 0) is 69.0 Å². The van der Waals surface area contributed by atoms with Crippen molar-refractivity contribution in [3.05, 3.63) is 17.5 Å². The molecule has 0 bridgehead atoms. The molecule has 0 spiro atoms. The first-order chi connectivity index (χ1) is 10.1. The van der Waals surface area contributed by atoms with E-state index in [4.69, 9.17) is 0 Å². The van der Waals surface area contributed by atoms with E-state index in [1.165, 1.54) is 50.0 Å². The average Bonchev–Trinajstić information content (AvgIpc) is 2.82. The molecule has 3 atom stereocenters. The van der Waals surface area contributed by atoms with Gasteiger partial charge >= 0.3 is 0 Å². The number of nitrogens with zero attached hydrogens (tertiary/aromatic N) is 2. The van der Waals surface area contributed by atoms with Crippen molar-refractivity contribution in [2.24, 2.45) is 24.8 Å². The topological polar surface area (TPSA) is 29.9 Å². The van der Waals surface area contributed by atoms with Crippen LogP contribution in [0.4, 0.5) is 0 Å². The summed E-state index contributed by atoms with van der Waals surface area (Å²) in [5.74, 6) is 2.54. The van der Waals surface area contributed by atoms with E-state index in [1.807, 2.05) is 0 Å². The highest BCUT2D eigenvalue weighted by molar-refractivity contribution is 5.11. The van der Waals surface area contributed by atoms with Crippen molar-refractivity contribution in [1.82, 2.24) is 15.1 Å². The van der Waals surface area contributed by atoms with Gasteiger partial charge in [0.2, 0.25) is 0 Å². The molecule has 0 aromatic carbocycles. The number of hydrogen-bond acceptors (Lipinski definition) is 2. The molecule has 1 aromatic heterocycles. The second kappa shape index (κ2) is 7.98. The molecule has 1 aromatic rings. The summed E-state index contributed by atoms with van der Waals surface area (Å²) in [4.78, 5) is 0. The van der Waals surface area contributed by atoms with Crippen molar-refractivity contribution in [3.8, 4) is 0 Å². The zero-order valence-corrected chi connectivity index (χ0v) is 14.4. The summed E-state index contributed by atoms with van der Waals surface area (Å²) in [5, 5.41) is 8.26. The Morgan fingerprint density at radius 1 is 1.29 bits per heavy atom. The van der Waals surface area contributed by atoms with E-state index >= 15 is 0 Å². The molecule has 1 fully saturated rings. The van der Waals surface area contributed by atoms with E-state index in [2.05, 4.69) is 49.0 Å². The van der Waals surface area contributed by atoms with Crippen LogP contribution in [0.3, 0.4) is 0 Å². The van der Waals surface area contributed by atoms with E-state index in [-0.39, 0.29) is 0 Å². The molecule has 1 aliphatic carbocycles. The second-order valence-corrected chi connectivity index (χ2v) is 6.95. The number of nitrogens with one attached hydrogen (secondary N) is 1. The average molecular weight is 291 g/mol.